The van der Waals surface area contributed by atoms with Crippen molar-refractivity contribution >= 4 is 15.9 Å². The predicted octanol–water partition coefficient (Wildman–Crippen LogP) is 3.03. The lowest BCUT2D eigenvalue weighted by molar-refractivity contribution is 0.431. The van der Waals surface area contributed by atoms with Crippen LogP contribution in [-0.2, 0) is 0 Å². The second-order valence-corrected chi connectivity index (χ2v) is 3.41. The standard InChI is InChI=1S/C9H10BrFO/c1-6(5-10)7-2-3-9(12)8(11)4-7/h2-4,6,12H,5H2,1H3. The van der Waals surface area contributed by atoms with Crippen molar-refractivity contribution in [2.45, 2.75) is 12.8 Å². The van der Waals surface area contributed by atoms with Gasteiger partial charge in [-0.25, -0.2) is 4.39 Å². The van der Waals surface area contributed by atoms with Crippen LogP contribution in [0.2, 0.25) is 0 Å². The zero-order valence-corrected chi connectivity index (χ0v) is 8.31. The fraction of sp³-hybridized carbons (Fsp3) is 0.333. The molecule has 0 aliphatic heterocycles. The van der Waals surface area contributed by atoms with Crippen molar-refractivity contribution in [3.8, 4) is 5.75 Å². The molecule has 3 heteroatoms. The molecule has 0 fully saturated rings. The summed E-state index contributed by atoms with van der Waals surface area (Å²) >= 11 is 3.31. The van der Waals surface area contributed by atoms with Crippen molar-refractivity contribution < 1.29 is 9.50 Å². The van der Waals surface area contributed by atoms with Gasteiger partial charge in [0.05, 0.1) is 0 Å². The lowest BCUT2D eigenvalue weighted by atomic mass is 10.0. The summed E-state index contributed by atoms with van der Waals surface area (Å²) in [5.74, 6) is -0.582. The number of phenols is 1. The molecule has 1 N–H and O–H groups in total. The first kappa shape index (κ1) is 9.52. The van der Waals surface area contributed by atoms with Crippen LogP contribution in [0, 0.1) is 5.82 Å². The van der Waals surface area contributed by atoms with Gasteiger partial charge in [0, 0.05) is 5.33 Å². The van der Waals surface area contributed by atoms with E-state index >= 15 is 0 Å². The Morgan fingerprint density at radius 3 is 2.75 bits per heavy atom. The second kappa shape index (κ2) is 3.90. The van der Waals surface area contributed by atoms with E-state index in [2.05, 4.69) is 15.9 Å². The Bertz CT molecular complexity index is 275. The van der Waals surface area contributed by atoms with Gasteiger partial charge in [0.1, 0.15) is 0 Å². The van der Waals surface area contributed by atoms with Crippen molar-refractivity contribution in [1.82, 2.24) is 0 Å². The molecule has 1 atom stereocenters. The number of hydrogen-bond acceptors (Lipinski definition) is 1. The largest absolute Gasteiger partial charge is 0.505 e. The Balaban J connectivity index is 2.96. The fourth-order valence-corrected chi connectivity index (χ4v) is 1.29. The SMILES string of the molecule is CC(CBr)c1ccc(O)c(F)c1. The summed E-state index contributed by atoms with van der Waals surface area (Å²) < 4.78 is 12.8. The summed E-state index contributed by atoms with van der Waals surface area (Å²) in [5, 5.41) is 9.70. The van der Waals surface area contributed by atoms with E-state index in [0.29, 0.717) is 0 Å². The fourth-order valence-electron chi connectivity index (χ4n) is 0.919. The zero-order chi connectivity index (χ0) is 9.14. The van der Waals surface area contributed by atoms with Crippen LogP contribution in [0.4, 0.5) is 4.39 Å². The van der Waals surface area contributed by atoms with Gasteiger partial charge in [-0.05, 0) is 23.6 Å². The highest BCUT2D eigenvalue weighted by Crippen LogP contribution is 2.22. The molecule has 0 radical (unpaired) electrons. The zero-order valence-electron chi connectivity index (χ0n) is 6.72. The number of rotatable bonds is 2. The quantitative estimate of drug-likeness (QED) is 0.778. The molecule has 12 heavy (non-hydrogen) atoms. The summed E-state index contributed by atoms with van der Waals surface area (Å²) in [5.41, 5.74) is 0.891. The van der Waals surface area contributed by atoms with E-state index in [0.717, 1.165) is 10.9 Å². The first-order valence-corrected chi connectivity index (χ1v) is 4.81. The van der Waals surface area contributed by atoms with E-state index in [1.54, 1.807) is 6.07 Å². The number of alkyl halides is 1. The van der Waals surface area contributed by atoms with Crippen LogP contribution < -0.4 is 0 Å². The van der Waals surface area contributed by atoms with Crippen molar-refractivity contribution in [2.75, 3.05) is 5.33 Å². The molecule has 1 unspecified atom stereocenters. The second-order valence-electron chi connectivity index (χ2n) is 2.77. The highest BCUT2D eigenvalue weighted by molar-refractivity contribution is 9.09. The van der Waals surface area contributed by atoms with Crippen molar-refractivity contribution in [3.63, 3.8) is 0 Å². The molecule has 66 valence electrons. The summed E-state index contributed by atoms with van der Waals surface area (Å²) in [6.45, 7) is 1.99. The first-order valence-electron chi connectivity index (χ1n) is 3.69. The van der Waals surface area contributed by atoms with Crippen molar-refractivity contribution in [1.29, 1.82) is 0 Å². The first-order chi connectivity index (χ1) is 5.65. The highest BCUT2D eigenvalue weighted by Gasteiger charge is 2.06. The van der Waals surface area contributed by atoms with Gasteiger partial charge >= 0.3 is 0 Å². The lowest BCUT2D eigenvalue weighted by Crippen LogP contribution is -1.94. The summed E-state index contributed by atoms with van der Waals surface area (Å²) in [4.78, 5) is 0. The molecule has 1 rings (SSSR count). The third-order valence-corrected chi connectivity index (χ3v) is 2.74. The molecule has 0 saturated carbocycles. The number of halogens is 2. The van der Waals surface area contributed by atoms with E-state index in [4.69, 9.17) is 5.11 Å². The van der Waals surface area contributed by atoms with E-state index in [1.807, 2.05) is 6.92 Å². The van der Waals surface area contributed by atoms with Crippen LogP contribution >= 0.6 is 15.9 Å². The molecule has 1 aromatic rings. The van der Waals surface area contributed by atoms with E-state index < -0.39 is 5.82 Å². The molecule has 1 nitrogen and oxygen atoms in total. The molecule has 0 aliphatic rings. The lowest BCUT2D eigenvalue weighted by Gasteiger charge is -2.07. The Morgan fingerprint density at radius 2 is 2.25 bits per heavy atom. The molecule has 0 saturated heterocycles. The van der Waals surface area contributed by atoms with Crippen LogP contribution in [0.3, 0.4) is 0 Å². The topological polar surface area (TPSA) is 20.2 Å². The molecule has 0 aromatic heterocycles. The number of benzene rings is 1. The van der Waals surface area contributed by atoms with Gasteiger partial charge in [-0.3, -0.25) is 0 Å². The molecule has 0 heterocycles. The van der Waals surface area contributed by atoms with Gasteiger partial charge in [0.15, 0.2) is 11.6 Å². The normalized spacial score (nSPS) is 12.9. The van der Waals surface area contributed by atoms with Gasteiger partial charge < -0.3 is 5.11 Å². The number of aromatic hydroxyl groups is 1. The van der Waals surface area contributed by atoms with Gasteiger partial charge in [0.25, 0.3) is 0 Å². The van der Waals surface area contributed by atoms with Crippen molar-refractivity contribution in [3.05, 3.63) is 29.6 Å². The van der Waals surface area contributed by atoms with Crippen LogP contribution in [0.25, 0.3) is 0 Å². The minimum atomic E-state index is -0.555. The molecule has 0 aliphatic carbocycles. The maximum absolute atomic E-state index is 12.8. The molecule has 0 amide bonds. The van der Waals surface area contributed by atoms with Gasteiger partial charge in [-0.1, -0.05) is 28.9 Å². The molecule has 0 spiro atoms. The summed E-state index contributed by atoms with van der Waals surface area (Å²) in [6, 6.07) is 4.47. The van der Waals surface area contributed by atoms with Crippen LogP contribution in [0.1, 0.15) is 18.4 Å². The Kier molecular flexibility index (Phi) is 3.09. The van der Waals surface area contributed by atoms with E-state index in [9.17, 15) is 4.39 Å². The van der Waals surface area contributed by atoms with Crippen LogP contribution in [0.15, 0.2) is 18.2 Å². The van der Waals surface area contributed by atoms with Gasteiger partial charge in [-0.2, -0.15) is 0 Å². The van der Waals surface area contributed by atoms with Crippen LogP contribution in [0.5, 0.6) is 5.75 Å². The minimum absolute atomic E-state index is 0.264. The average molecular weight is 233 g/mol. The molecule has 1 aromatic carbocycles. The minimum Gasteiger partial charge on any atom is -0.505 e. The third-order valence-electron chi connectivity index (χ3n) is 1.77. The Hall–Kier alpha value is -0.570. The van der Waals surface area contributed by atoms with Crippen molar-refractivity contribution in [2.24, 2.45) is 0 Å². The summed E-state index contributed by atoms with van der Waals surface area (Å²) in [6.07, 6.45) is 0. The smallest absolute Gasteiger partial charge is 0.165 e. The molecule has 0 bridgehead atoms. The number of hydrogen-bond donors (Lipinski definition) is 1. The van der Waals surface area contributed by atoms with Crippen LogP contribution in [-0.4, -0.2) is 10.4 Å². The Labute approximate surface area is 79.4 Å². The third kappa shape index (κ3) is 1.97. The monoisotopic (exact) mass is 232 g/mol. The van der Waals surface area contributed by atoms with E-state index in [-0.39, 0.29) is 11.7 Å². The predicted molar refractivity (Wildman–Crippen MR) is 50.3 cm³/mol. The maximum Gasteiger partial charge on any atom is 0.165 e. The van der Waals surface area contributed by atoms with Gasteiger partial charge in [0.2, 0.25) is 0 Å². The van der Waals surface area contributed by atoms with Gasteiger partial charge in [-0.15, -0.1) is 0 Å². The summed E-state index contributed by atoms with van der Waals surface area (Å²) in [7, 11) is 0. The molecular weight excluding hydrogens is 223 g/mol. The molecular formula is C9H10BrFO. The maximum atomic E-state index is 12.8. The average Bonchev–Trinajstić information content (AvgIpc) is 2.08. The highest BCUT2D eigenvalue weighted by atomic mass is 79.9. The number of phenolic OH excluding ortho intramolecular Hbond substituents is 1. The van der Waals surface area contributed by atoms with E-state index in [1.165, 1.54) is 12.1 Å². The Morgan fingerprint density at radius 1 is 1.58 bits per heavy atom.